The lowest BCUT2D eigenvalue weighted by Gasteiger charge is -2.05. The average Bonchev–Trinajstić information content (AvgIpc) is 2.85. The molecule has 0 aliphatic rings. The van der Waals surface area contributed by atoms with Crippen molar-refractivity contribution < 1.29 is 4.74 Å². The predicted molar refractivity (Wildman–Crippen MR) is 85.9 cm³/mol. The Bertz CT molecular complexity index is 773. The number of nitrogens with one attached hydrogen (secondary N) is 1. The maximum atomic E-state index is 6.15. The number of fused-ring (bicyclic) bond motifs is 1. The Morgan fingerprint density at radius 3 is 2.85 bits per heavy atom. The molecule has 0 unspecified atom stereocenters. The van der Waals surface area contributed by atoms with E-state index in [4.69, 9.17) is 27.9 Å². The van der Waals surface area contributed by atoms with Crippen LogP contribution in [0.1, 0.15) is 0 Å². The molecule has 0 atom stereocenters. The Kier molecular flexibility index (Phi) is 3.70. The Morgan fingerprint density at radius 2 is 2.05 bits per heavy atom. The monoisotopic (exact) mass is 324 g/mol. The van der Waals surface area contributed by atoms with Gasteiger partial charge in [0.1, 0.15) is 5.75 Å². The summed E-state index contributed by atoms with van der Waals surface area (Å²) in [6, 6.07) is 11.2. The van der Waals surface area contributed by atoms with Crippen LogP contribution in [0, 0.1) is 0 Å². The zero-order valence-corrected chi connectivity index (χ0v) is 12.8. The SMILES string of the molecule is COc1ccc2sc(Nc3cccc(Cl)c3Cl)nc2c1. The maximum Gasteiger partial charge on any atom is 0.188 e. The molecule has 3 aromatic rings. The smallest absolute Gasteiger partial charge is 0.188 e. The van der Waals surface area contributed by atoms with Crippen LogP contribution in [0.4, 0.5) is 10.8 Å². The van der Waals surface area contributed by atoms with Gasteiger partial charge in [0, 0.05) is 6.07 Å². The topological polar surface area (TPSA) is 34.1 Å². The number of ether oxygens (including phenoxy) is 1. The van der Waals surface area contributed by atoms with Gasteiger partial charge in [-0.15, -0.1) is 0 Å². The molecule has 102 valence electrons. The summed E-state index contributed by atoms with van der Waals surface area (Å²) in [5, 5.41) is 4.96. The lowest BCUT2D eigenvalue weighted by molar-refractivity contribution is 0.415. The van der Waals surface area contributed by atoms with Crippen molar-refractivity contribution in [3.63, 3.8) is 0 Å². The van der Waals surface area contributed by atoms with Crippen molar-refractivity contribution in [2.45, 2.75) is 0 Å². The summed E-state index contributed by atoms with van der Waals surface area (Å²) in [6.45, 7) is 0. The quantitative estimate of drug-likeness (QED) is 0.704. The summed E-state index contributed by atoms with van der Waals surface area (Å²) in [5.74, 6) is 0.787. The summed E-state index contributed by atoms with van der Waals surface area (Å²) in [6.07, 6.45) is 0. The normalized spacial score (nSPS) is 10.8. The second-order valence-corrected chi connectivity index (χ2v) is 5.89. The van der Waals surface area contributed by atoms with Gasteiger partial charge in [0.15, 0.2) is 5.13 Å². The molecule has 0 saturated heterocycles. The van der Waals surface area contributed by atoms with E-state index in [1.807, 2.05) is 30.3 Å². The fourth-order valence-corrected chi connectivity index (χ4v) is 3.01. The second-order valence-electron chi connectivity index (χ2n) is 4.08. The molecule has 0 saturated carbocycles. The second kappa shape index (κ2) is 5.48. The number of hydrogen-bond donors (Lipinski definition) is 1. The van der Waals surface area contributed by atoms with Crippen LogP contribution in [0.3, 0.4) is 0 Å². The van der Waals surface area contributed by atoms with Crippen molar-refractivity contribution in [3.05, 3.63) is 46.4 Å². The van der Waals surface area contributed by atoms with Gasteiger partial charge in [0.2, 0.25) is 0 Å². The molecule has 0 aliphatic carbocycles. The first kappa shape index (κ1) is 13.5. The molecule has 0 spiro atoms. The van der Waals surface area contributed by atoms with E-state index in [1.54, 1.807) is 24.5 Å². The molecule has 1 aromatic heterocycles. The molecule has 20 heavy (non-hydrogen) atoms. The van der Waals surface area contributed by atoms with E-state index in [9.17, 15) is 0 Å². The fourth-order valence-electron chi connectivity index (χ4n) is 1.80. The highest BCUT2D eigenvalue weighted by atomic mass is 35.5. The number of thiazole rings is 1. The third-order valence-electron chi connectivity index (χ3n) is 2.79. The molecule has 0 aliphatic heterocycles. The Morgan fingerprint density at radius 1 is 1.20 bits per heavy atom. The summed E-state index contributed by atoms with van der Waals surface area (Å²) < 4.78 is 6.27. The molecule has 3 rings (SSSR count). The molecule has 1 N–H and O–H groups in total. The maximum absolute atomic E-state index is 6.15. The Balaban J connectivity index is 1.96. The third kappa shape index (κ3) is 2.54. The number of rotatable bonds is 3. The van der Waals surface area contributed by atoms with Gasteiger partial charge < -0.3 is 10.1 Å². The predicted octanol–water partition coefficient (Wildman–Crippen LogP) is 5.36. The van der Waals surface area contributed by atoms with Gasteiger partial charge >= 0.3 is 0 Å². The molecular formula is C14H10Cl2N2OS. The van der Waals surface area contributed by atoms with Crippen molar-refractivity contribution in [2.75, 3.05) is 12.4 Å². The van der Waals surface area contributed by atoms with E-state index in [0.29, 0.717) is 10.0 Å². The minimum absolute atomic E-state index is 0.492. The zero-order valence-electron chi connectivity index (χ0n) is 10.5. The highest BCUT2D eigenvalue weighted by Gasteiger charge is 2.08. The van der Waals surface area contributed by atoms with Crippen LogP contribution in [-0.2, 0) is 0 Å². The number of nitrogens with zero attached hydrogens (tertiary/aromatic N) is 1. The van der Waals surface area contributed by atoms with E-state index in [0.717, 1.165) is 26.8 Å². The molecule has 3 nitrogen and oxygen atoms in total. The summed E-state index contributed by atoms with van der Waals surface area (Å²) >= 11 is 13.7. The van der Waals surface area contributed by atoms with Gasteiger partial charge in [-0.3, -0.25) is 0 Å². The number of aromatic nitrogens is 1. The molecule has 6 heteroatoms. The van der Waals surface area contributed by atoms with E-state index < -0.39 is 0 Å². The highest BCUT2D eigenvalue weighted by molar-refractivity contribution is 7.22. The molecule has 1 heterocycles. The average molecular weight is 325 g/mol. The zero-order chi connectivity index (χ0) is 14.1. The van der Waals surface area contributed by atoms with Crippen LogP contribution in [-0.4, -0.2) is 12.1 Å². The number of benzene rings is 2. The highest BCUT2D eigenvalue weighted by Crippen LogP contribution is 2.35. The lowest BCUT2D eigenvalue weighted by atomic mass is 10.3. The van der Waals surface area contributed by atoms with Gasteiger partial charge in [-0.05, 0) is 24.3 Å². The summed E-state index contributed by atoms with van der Waals surface area (Å²) in [4.78, 5) is 4.51. The van der Waals surface area contributed by atoms with Gasteiger partial charge in [-0.25, -0.2) is 4.98 Å². The van der Waals surface area contributed by atoms with Crippen LogP contribution >= 0.6 is 34.5 Å². The van der Waals surface area contributed by atoms with Gasteiger partial charge in [-0.2, -0.15) is 0 Å². The van der Waals surface area contributed by atoms with E-state index >= 15 is 0 Å². The first-order chi connectivity index (χ1) is 9.67. The summed E-state index contributed by atoms with van der Waals surface area (Å²) in [5.41, 5.74) is 1.63. The third-order valence-corrected chi connectivity index (χ3v) is 4.56. The summed E-state index contributed by atoms with van der Waals surface area (Å²) in [7, 11) is 1.64. The van der Waals surface area contributed by atoms with E-state index in [2.05, 4.69) is 10.3 Å². The van der Waals surface area contributed by atoms with Crippen molar-refractivity contribution >= 4 is 55.6 Å². The molecule has 0 radical (unpaired) electrons. The molecular weight excluding hydrogens is 315 g/mol. The van der Waals surface area contributed by atoms with E-state index in [-0.39, 0.29) is 0 Å². The van der Waals surface area contributed by atoms with Crippen molar-refractivity contribution in [3.8, 4) is 5.75 Å². The Hall–Kier alpha value is -1.49. The fraction of sp³-hybridized carbons (Fsp3) is 0.0714. The number of hydrogen-bond acceptors (Lipinski definition) is 4. The van der Waals surface area contributed by atoms with Gasteiger partial charge in [-0.1, -0.05) is 40.6 Å². The Labute approximate surface area is 130 Å². The molecule has 0 amide bonds. The van der Waals surface area contributed by atoms with Crippen LogP contribution in [0.2, 0.25) is 10.0 Å². The molecule has 2 aromatic carbocycles. The standard InChI is InChI=1S/C14H10Cl2N2OS/c1-19-8-5-6-12-11(7-8)18-14(20-12)17-10-4-2-3-9(15)13(10)16/h2-7H,1H3,(H,17,18). The van der Waals surface area contributed by atoms with Crippen molar-refractivity contribution in [1.82, 2.24) is 4.98 Å². The van der Waals surface area contributed by atoms with Crippen LogP contribution in [0.25, 0.3) is 10.2 Å². The molecule has 0 fully saturated rings. The van der Waals surface area contributed by atoms with Gasteiger partial charge in [0.05, 0.1) is 33.1 Å². The first-order valence-electron chi connectivity index (χ1n) is 5.83. The van der Waals surface area contributed by atoms with E-state index in [1.165, 1.54) is 0 Å². The largest absolute Gasteiger partial charge is 0.497 e. The number of anilines is 2. The van der Waals surface area contributed by atoms with Crippen LogP contribution in [0.5, 0.6) is 5.75 Å². The van der Waals surface area contributed by atoms with Crippen molar-refractivity contribution in [1.29, 1.82) is 0 Å². The van der Waals surface area contributed by atoms with Crippen molar-refractivity contribution in [2.24, 2.45) is 0 Å². The number of methoxy groups -OCH3 is 1. The first-order valence-corrected chi connectivity index (χ1v) is 7.40. The minimum atomic E-state index is 0.492. The van der Waals surface area contributed by atoms with Gasteiger partial charge in [0.25, 0.3) is 0 Å². The lowest BCUT2D eigenvalue weighted by Crippen LogP contribution is -1.90. The minimum Gasteiger partial charge on any atom is -0.497 e. The number of halogens is 2. The van der Waals surface area contributed by atoms with Crippen LogP contribution < -0.4 is 10.1 Å². The van der Waals surface area contributed by atoms with Crippen LogP contribution in [0.15, 0.2) is 36.4 Å². The molecule has 0 bridgehead atoms.